The van der Waals surface area contributed by atoms with Crippen molar-refractivity contribution in [2.75, 3.05) is 26.8 Å². The molecule has 0 N–H and O–H groups in total. The van der Waals surface area contributed by atoms with E-state index in [9.17, 15) is 13.2 Å². The van der Waals surface area contributed by atoms with Gasteiger partial charge in [-0.15, -0.1) is 0 Å². The minimum Gasteiger partial charge on any atom is -0.496 e. The number of rotatable bonds is 6. The van der Waals surface area contributed by atoms with Crippen molar-refractivity contribution in [3.05, 3.63) is 58.6 Å². The maximum Gasteiger partial charge on any atom is 0.316 e. The number of aryl methyl sites for hydroxylation is 1. The number of piperidine rings is 1. The van der Waals surface area contributed by atoms with Crippen molar-refractivity contribution in [2.24, 2.45) is 0 Å². The second-order valence-electron chi connectivity index (χ2n) is 7.36. The van der Waals surface area contributed by atoms with E-state index >= 15 is 0 Å². The second kappa shape index (κ2) is 8.96. The van der Waals surface area contributed by atoms with Crippen molar-refractivity contribution >= 4 is 27.6 Å². The molecule has 30 heavy (non-hydrogen) atoms. The van der Waals surface area contributed by atoms with Crippen LogP contribution in [0.5, 0.6) is 5.75 Å². The van der Waals surface area contributed by atoms with E-state index in [4.69, 9.17) is 21.1 Å². The van der Waals surface area contributed by atoms with E-state index in [0.29, 0.717) is 16.3 Å². The van der Waals surface area contributed by atoms with Gasteiger partial charge in [-0.3, -0.25) is 4.79 Å². The van der Waals surface area contributed by atoms with Gasteiger partial charge >= 0.3 is 5.97 Å². The van der Waals surface area contributed by atoms with Gasteiger partial charge in [-0.05, 0) is 57.0 Å². The van der Waals surface area contributed by atoms with Gasteiger partial charge in [-0.2, -0.15) is 4.31 Å². The zero-order chi connectivity index (χ0) is 21.9. The Morgan fingerprint density at radius 3 is 2.33 bits per heavy atom. The smallest absolute Gasteiger partial charge is 0.316 e. The number of sulfonamides is 1. The Morgan fingerprint density at radius 2 is 1.77 bits per heavy atom. The lowest BCUT2D eigenvalue weighted by molar-refractivity contribution is -0.152. The molecule has 1 heterocycles. The van der Waals surface area contributed by atoms with Gasteiger partial charge in [-0.1, -0.05) is 29.3 Å². The Bertz CT molecular complexity index is 1010. The molecule has 2 aromatic carbocycles. The Morgan fingerprint density at radius 1 is 1.13 bits per heavy atom. The number of nitrogens with zero attached hydrogens (tertiary/aromatic N) is 1. The molecule has 2 aromatic rings. The van der Waals surface area contributed by atoms with Gasteiger partial charge in [0.15, 0.2) is 0 Å². The summed E-state index contributed by atoms with van der Waals surface area (Å²) in [7, 11) is -2.12. The fourth-order valence-corrected chi connectivity index (χ4v) is 5.49. The summed E-state index contributed by atoms with van der Waals surface area (Å²) >= 11 is 6.22. The van der Waals surface area contributed by atoms with Crippen LogP contribution in [0.3, 0.4) is 0 Å². The first-order valence-electron chi connectivity index (χ1n) is 9.82. The van der Waals surface area contributed by atoms with Gasteiger partial charge in [0.1, 0.15) is 5.75 Å². The first-order valence-corrected chi connectivity index (χ1v) is 11.6. The summed E-state index contributed by atoms with van der Waals surface area (Å²) in [5, 5.41) is 0.476. The molecule has 0 aliphatic carbocycles. The minimum atomic E-state index is -3.65. The lowest BCUT2D eigenvalue weighted by Gasteiger charge is -2.40. The zero-order valence-corrected chi connectivity index (χ0v) is 18.9. The molecule has 1 saturated heterocycles. The lowest BCUT2D eigenvalue weighted by Crippen LogP contribution is -2.49. The third kappa shape index (κ3) is 4.19. The van der Waals surface area contributed by atoms with Crippen LogP contribution in [0.2, 0.25) is 5.02 Å². The zero-order valence-electron chi connectivity index (χ0n) is 17.4. The van der Waals surface area contributed by atoms with E-state index in [2.05, 4.69) is 0 Å². The molecule has 0 atom stereocenters. The Hall–Kier alpha value is -2.09. The SMILES string of the molecule is CCOC(=O)C1(c2cc(Cl)ccc2OC)CCN(S(=O)(=O)c2ccc(C)cc2)CC1. The van der Waals surface area contributed by atoms with E-state index in [1.165, 1.54) is 11.4 Å². The number of ether oxygens (including phenoxy) is 2. The average molecular weight is 452 g/mol. The third-order valence-electron chi connectivity index (χ3n) is 5.58. The van der Waals surface area contributed by atoms with Crippen LogP contribution in [0.25, 0.3) is 0 Å². The number of carbonyl (C=O) groups is 1. The van der Waals surface area contributed by atoms with Crippen LogP contribution < -0.4 is 4.74 Å². The quantitative estimate of drug-likeness (QED) is 0.622. The molecule has 0 amide bonds. The van der Waals surface area contributed by atoms with Crippen LogP contribution in [-0.2, 0) is 25.0 Å². The Balaban J connectivity index is 1.95. The summed E-state index contributed by atoms with van der Waals surface area (Å²) in [6, 6.07) is 11.9. The van der Waals surface area contributed by atoms with Crippen LogP contribution in [0.4, 0.5) is 0 Å². The number of hydrogen-bond acceptors (Lipinski definition) is 5. The van der Waals surface area contributed by atoms with Gasteiger partial charge in [0.2, 0.25) is 10.0 Å². The van der Waals surface area contributed by atoms with Crippen molar-refractivity contribution in [3.8, 4) is 5.75 Å². The molecule has 162 valence electrons. The Labute approximate surface area is 182 Å². The largest absolute Gasteiger partial charge is 0.496 e. The fourth-order valence-electron chi connectivity index (χ4n) is 3.87. The monoisotopic (exact) mass is 451 g/mol. The van der Waals surface area contributed by atoms with Gasteiger partial charge in [0.25, 0.3) is 0 Å². The second-order valence-corrected chi connectivity index (χ2v) is 9.74. The van der Waals surface area contributed by atoms with Crippen LogP contribution in [0.1, 0.15) is 30.9 Å². The average Bonchev–Trinajstić information content (AvgIpc) is 2.74. The van der Waals surface area contributed by atoms with Gasteiger partial charge in [0, 0.05) is 23.7 Å². The number of halogens is 1. The van der Waals surface area contributed by atoms with Crippen molar-refractivity contribution in [1.29, 1.82) is 0 Å². The van der Waals surface area contributed by atoms with Crippen LogP contribution in [-0.4, -0.2) is 45.5 Å². The summed E-state index contributed by atoms with van der Waals surface area (Å²) in [5.41, 5.74) is 0.594. The first kappa shape index (κ1) is 22.6. The molecule has 6 nitrogen and oxygen atoms in total. The molecule has 8 heteroatoms. The fraction of sp³-hybridized carbons (Fsp3) is 0.409. The Kier molecular flexibility index (Phi) is 6.75. The minimum absolute atomic E-state index is 0.185. The highest BCUT2D eigenvalue weighted by Gasteiger charge is 2.48. The van der Waals surface area contributed by atoms with Crippen LogP contribution >= 0.6 is 11.6 Å². The van der Waals surface area contributed by atoms with E-state index in [-0.39, 0.29) is 37.4 Å². The molecule has 0 unspecified atom stereocenters. The van der Waals surface area contributed by atoms with Crippen LogP contribution in [0, 0.1) is 6.92 Å². The highest BCUT2D eigenvalue weighted by atomic mass is 35.5. The van der Waals surface area contributed by atoms with E-state index in [0.717, 1.165) is 5.56 Å². The van der Waals surface area contributed by atoms with Crippen molar-refractivity contribution in [2.45, 2.75) is 37.0 Å². The predicted octanol–water partition coefficient (Wildman–Crippen LogP) is 3.94. The molecule has 0 spiro atoms. The van der Waals surface area contributed by atoms with Crippen LogP contribution in [0.15, 0.2) is 47.4 Å². The van der Waals surface area contributed by atoms with Gasteiger partial charge in [-0.25, -0.2) is 8.42 Å². The normalized spacial score (nSPS) is 16.8. The molecule has 1 fully saturated rings. The number of methoxy groups -OCH3 is 1. The standard InChI is InChI=1S/C22H26ClNO5S/c1-4-29-21(25)22(19-15-17(23)7-10-20(19)28-3)11-13-24(14-12-22)30(26,27)18-8-5-16(2)6-9-18/h5-10,15H,4,11-14H2,1-3H3. The molecule has 3 rings (SSSR count). The summed E-state index contributed by atoms with van der Waals surface area (Å²) in [5.74, 6) is 0.139. The van der Waals surface area contributed by atoms with Gasteiger partial charge < -0.3 is 9.47 Å². The van der Waals surface area contributed by atoms with Gasteiger partial charge in [0.05, 0.1) is 24.0 Å². The highest BCUT2D eigenvalue weighted by Crippen LogP contribution is 2.43. The molecule has 1 aliphatic rings. The summed E-state index contributed by atoms with van der Waals surface area (Å²) in [6.07, 6.45) is 0.543. The maximum absolute atomic E-state index is 13.1. The molecule has 1 aliphatic heterocycles. The van der Waals surface area contributed by atoms with Crippen molar-refractivity contribution < 1.29 is 22.7 Å². The molecule has 0 radical (unpaired) electrons. The number of esters is 1. The molecular formula is C22H26ClNO5S. The predicted molar refractivity (Wildman–Crippen MR) is 115 cm³/mol. The number of carbonyl (C=O) groups excluding carboxylic acids is 1. The third-order valence-corrected chi connectivity index (χ3v) is 7.73. The molecule has 0 bridgehead atoms. The highest BCUT2D eigenvalue weighted by molar-refractivity contribution is 7.89. The molecule has 0 aromatic heterocycles. The van der Waals surface area contributed by atoms with Crippen molar-refractivity contribution in [3.63, 3.8) is 0 Å². The number of hydrogen-bond donors (Lipinski definition) is 0. The number of benzene rings is 2. The van der Waals surface area contributed by atoms with E-state index in [1.807, 2.05) is 6.92 Å². The van der Waals surface area contributed by atoms with E-state index < -0.39 is 21.4 Å². The van der Waals surface area contributed by atoms with E-state index in [1.54, 1.807) is 49.4 Å². The van der Waals surface area contributed by atoms with Crippen molar-refractivity contribution in [1.82, 2.24) is 4.31 Å². The summed E-state index contributed by atoms with van der Waals surface area (Å²) < 4.78 is 38.5. The summed E-state index contributed by atoms with van der Waals surface area (Å²) in [4.78, 5) is 13.3. The summed E-state index contributed by atoms with van der Waals surface area (Å²) in [6.45, 7) is 4.26. The lowest BCUT2D eigenvalue weighted by atomic mass is 9.72. The molecule has 0 saturated carbocycles. The first-order chi connectivity index (χ1) is 14.2. The molecular weight excluding hydrogens is 426 g/mol. The maximum atomic E-state index is 13.1. The topological polar surface area (TPSA) is 72.9 Å².